The lowest BCUT2D eigenvalue weighted by atomic mass is 10.1. The molecule has 5 rings (SSSR count). The van der Waals surface area contributed by atoms with Crippen LogP contribution in [-0.4, -0.2) is 51.9 Å². The van der Waals surface area contributed by atoms with E-state index in [2.05, 4.69) is 27.4 Å². The van der Waals surface area contributed by atoms with Gasteiger partial charge in [-0.3, -0.25) is 9.69 Å². The van der Waals surface area contributed by atoms with Crippen LogP contribution in [0.4, 0.5) is 4.39 Å². The molecule has 34 heavy (non-hydrogen) atoms. The highest BCUT2D eigenvalue weighted by Crippen LogP contribution is 2.25. The van der Waals surface area contributed by atoms with Gasteiger partial charge in [-0.05, 0) is 24.6 Å². The van der Waals surface area contributed by atoms with Crippen LogP contribution < -0.4 is 0 Å². The molecule has 0 bridgehead atoms. The Kier molecular flexibility index (Phi) is 6.80. The number of hydrogen-bond donors (Lipinski definition) is 0. The van der Waals surface area contributed by atoms with E-state index in [4.69, 9.17) is 4.98 Å². The number of rotatable bonds is 6. The molecule has 1 fully saturated rings. The average molecular weight is 493 g/mol. The van der Waals surface area contributed by atoms with Gasteiger partial charge in [0.1, 0.15) is 15.7 Å². The molecule has 1 amide bonds. The van der Waals surface area contributed by atoms with E-state index in [1.54, 1.807) is 23.5 Å². The van der Waals surface area contributed by atoms with Gasteiger partial charge in [-0.2, -0.15) is 0 Å². The zero-order valence-corrected chi connectivity index (χ0v) is 20.5. The third-order valence-electron chi connectivity index (χ3n) is 5.92. The van der Waals surface area contributed by atoms with Crippen LogP contribution in [0.1, 0.15) is 31.6 Å². The molecule has 1 aliphatic heterocycles. The van der Waals surface area contributed by atoms with E-state index in [0.717, 1.165) is 52.2 Å². The van der Waals surface area contributed by atoms with Crippen LogP contribution in [0.2, 0.25) is 0 Å². The van der Waals surface area contributed by atoms with Gasteiger partial charge in [0, 0.05) is 50.1 Å². The highest BCUT2D eigenvalue weighted by atomic mass is 32.1. The van der Waals surface area contributed by atoms with Gasteiger partial charge < -0.3 is 4.90 Å². The van der Waals surface area contributed by atoms with Crippen LogP contribution in [0.3, 0.4) is 0 Å². The quantitative estimate of drug-likeness (QED) is 0.368. The van der Waals surface area contributed by atoms with Crippen molar-refractivity contribution >= 4 is 28.6 Å². The summed E-state index contributed by atoms with van der Waals surface area (Å²) in [4.78, 5) is 27.6. The summed E-state index contributed by atoms with van der Waals surface area (Å²) in [7, 11) is 0. The van der Waals surface area contributed by atoms with E-state index in [-0.39, 0.29) is 11.7 Å². The van der Waals surface area contributed by atoms with Crippen molar-refractivity contribution in [2.45, 2.75) is 19.9 Å². The van der Waals surface area contributed by atoms with Crippen molar-refractivity contribution in [1.82, 2.24) is 19.8 Å². The van der Waals surface area contributed by atoms with Crippen LogP contribution >= 0.6 is 22.7 Å². The van der Waals surface area contributed by atoms with E-state index < -0.39 is 0 Å². The molecule has 2 aromatic heterocycles. The van der Waals surface area contributed by atoms with E-state index in [1.165, 1.54) is 23.5 Å². The summed E-state index contributed by atoms with van der Waals surface area (Å²) in [6.45, 7) is 5.72. The van der Waals surface area contributed by atoms with E-state index in [1.807, 2.05) is 30.0 Å². The minimum absolute atomic E-state index is 0.0556. The highest BCUT2D eigenvalue weighted by Gasteiger charge is 2.26. The second-order valence-corrected chi connectivity index (χ2v) is 10.3. The molecular formula is C26H25FN4OS2. The lowest BCUT2D eigenvalue weighted by molar-refractivity contribution is 0.0631. The van der Waals surface area contributed by atoms with Gasteiger partial charge >= 0.3 is 0 Å². The maximum Gasteiger partial charge on any atom is 0.265 e. The molecule has 4 aromatic rings. The fourth-order valence-electron chi connectivity index (χ4n) is 4.08. The zero-order chi connectivity index (χ0) is 23.5. The largest absolute Gasteiger partial charge is 0.335 e. The van der Waals surface area contributed by atoms with E-state index in [9.17, 15) is 9.18 Å². The fourth-order valence-corrected chi connectivity index (χ4v) is 5.96. The molecule has 3 heterocycles. The highest BCUT2D eigenvalue weighted by molar-refractivity contribution is 7.14. The van der Waals surface area contributed by atoms with Gasteiger partial charge in [-0.15, -0.1) is 22.7 Å². The molecule has 0 spiro atoms. The Balaban J connectivity index is 1.17. The Labute approximate surface area is 206 Å². The number of benzene rings is 2. The Morgan fingerprint density at radius 3 is 2.47 bits per heavy atom. The van der Waals surface area contributed by atoms with E-state index in [0.29, 0.717) is 24.4 Å². The summed E-state index contributed by atoms with van der Waals surface area (Å²) in [6, 6.07) is 16.7. The van der Waals surface area contributed by atoms with Crippen LogP contribution in [0.25, 0.3) is 10.6 Å². The molecule has 8 heteroatoms. The standard InChI is InChI=1S/C26H25FN4OS2/c1-18-24(34-23(28-18)15-19-7-9-21(27)10-8-19)26(32)31-13-11-30(12-14-31)16-22-17-33-25(29-22)20-5-3-2-4-6-20/h2-10,17H,11-16H2,1H3. The first kappa shape index (κ1) is 22.8. The molecule has 1 aliphatic rings. The fraction of sp³-hybridized carbons (Fsp3) is 0.269. The summed E-state index contributed by atoms with van der Waals surface area (Å²) < 4.78 is 13.2. The van der Waals surface area contributed by atoms with Crippen molar-refractivity contribution in [2.75, 3.05) is 26.2 Å². The number of carbonyl (C=O) groups excluding carboxylic acids is 1. The summed E-state index contributed by atoms with van der Waals surface area (Å²) >= 11 is 3.12. The van der Waals surface area contributed by atoms with Gasteiger partial charge in [0.2, 0.25) is 0 Å². The molecule has 174 valence electrons. The van der Waals surface area contributed by atoms with Crippen molar-refractivity contribution in [3.8, 4) is 10.6 Å². The van der Waals surface area contributed by atoms with Crippen LogP contribution in [-0.2, 0) is 13.0 Å². The molecule has 0 atom stereocenters. The van der Waals surface area contributed by atoms with Crippen LogP contribution in [0.15, 0.2) is 60.0 Å². The second kappa shape index (κ2) is 10.1. The summed E-state index contributed by atoms with van der Waals surface area (Å²) in [5.74, 6) is -0.194. The molecular weight excluding hydrogens is 467 g/mol. The number of hydrogen-bond acceptors (Lipinski definition) is 6. The van der Waals surface area contributed by atoms with Crippen molar-refractivity contribution in [1.29, 1.82) is 0 Å². The topological polar surface area (TPSA) is 49.3 Å². The summed E-state index contributed by atoms with van der Waals surface area (Å²) in [5, 5.41) is 4.05. The number of thiazole rings is 2. The maximum absolute atomic E-state index is 13.2. The summed E-state index contributed by atoms with van der Waals surface area (Å²) in [6.07, 6.45) is 0.603. The third kappa shape index (κ3) is 5.24. The first-order chi connectivity index (χ1) is 16.5. The Morgan fingerprint density at radius 1 is 1.00 bits per heavy atom. The average Bonchev–Trinajstić information content (AvgIpc) is 3.47. The maximum atomic E-state index is 13.2. The third-order valence-corrected chi connectivity index (χ3v) is 8.01. The van der Waals surface area contributed by atoms with Gasteiger partial charge in [0.25, 0.3) is 5.91 Å². The van der Waals surface area contributed by atoms with E-state index >= 15 is 0 Å². The molecule has 0 unspecified atom stereocenters. The van der Waals surface area contributed by atoms with Crippen molar-refractivity contribution < 1.29 is 9.18 Å². The second-order valence-electron chi connectivity index (χ2n) is 8.40. The van der Waals surface area contributed by atoms with Gasteiger partial charge in [0.05, 0.1) is 16.4 Å². The van der Waals surface area contributed by atoms with Crippen molar-refractivity contribution in [2.24, 2.45) is 0 Å². The van der Waals surface area contributed by atoms with Crippen LogP contribution in [0.5, 0.6) is 0 Å². The van der Waals surface area contributed by atoms with Crippen LogP contribution in [0, 0.1) is 12.7 Å². The first-order valence-corrected chi connectivity index (χ1v) is 13.0. The molecule has 1 saturated heterocycles. The number of amides is 1. The monoisotopic (exact) mass is 492 g/mol. The molecule has 0 aliphatic carbocycles. The van der Waals surface area contributed by atoms with Gasteiger partial charge in [-0.1, -0.05) is 42.5 Å². The van der Waals surface area contributed by atoms with Crippen molar-refractivity contribution in [3.63, 3.8) is 0 Å². The Hall–Kier alpha value is -2.94. The molecule has 0 radical (unpaired) electrons. The zero-order valence-electron chi connectivity index (χ0n) is 18.9. The van der Waals surface area contributed by atoms with Crippen molar-refractivity contribution in [3.05, 3.63) is 92.6 Å². The van der Waals surface area contributed by atoms with Gasteiger partial charge in [-0.25, -0.2) is 14.4 Å². The molecule has 2 aromatic carbocycles. The SMILES string of the molecule is Cc1nc(Cc2ccc(F)cc2)sc1C(=O)N1CCN(Cc2csc(-c3ccccc3)n2)CC1. The minimum Gasteiger partial charge on any atom is -0.335 e. The minimum atomic E-state index is -0.250. The molecule has 0 saturated carbocycles. The Bertz CT molecular complexity index is 1260. The predicted octanol–water partition coefficient (Wildman–Crippen LogP) is 5.26. The lowest BCUT2D eigenvalue weighted by Crippen LogP contribution is -2.48. The molecule has 0 N–H and O–H groups in total. The number of piperazine rings is 1. The normalized spacial score (nSPS) is 14.5. The Morgan fingerprint density at radius 2 is 1.74 bits per heavy atom. The number of aromatic nitrogens is 2. The number of halogens is 1. The smallest absolute Gasteiger partial charge is 0.265 e. The molecule has 5 nitrogen and oxygen atoms in total. The first-order valence-electron chi connectivity index (χ1n) is 11.3. The van der Waals surface area contributed by atoms with Gasteiger partial charge in [0.15, 0.2) is 0 Å². The number of carbonyl (C=O) groups is 1. The number of nitrogens with zero attached hydrogens (tertiary/aromatic N) is 4. The number of aryl methyl sites for hydroxylation is 1. The summed E-state index contributed by atoms with van der Waals surface area (Å²) in [5.41, 5.74) is 3.98. The predicted molar refractivity (Wildman–Crippen MR) is 135 cm³/mol. The lowest BCUT2D eigenvalue weighted by Gasteiger charge is -2.34.